The van der Waals surface area contributed by atoms with E-state index in [2.05, 4.69) is 0 Å². The van der Waals surface area contributed by atoms with Gasteiger partial charge in [-0.25, -0.2) is 0 Å². The number of carbonyl (C=O) groups is 2. The summed E-state index contributed by atoms with van der Waals surface area (Å²) in [4.78, 5) is 19.8. The molecule has 0 amide bonds. The molecular formula is C6H10O4Ru. The molecule has 2 N–H and O–H groups in total. The number of carboxylic acids is 2. The first-order valence-corrected chi connectivity index (χ1v) is 3.06. The Bertz CT molecular complexity index is 119. The molecule has 0 rings (SSSR count). The molecule has 0 heterocycles. The van der Waals surface area contributed by atoms with E-state index in [0.29, 0.717) is 12.8 Å². The summed E-state index contributed by atoms with van der Waals surface area (Å²) in [6.45, 7) is 0. The zero-order valence-electron chi connectivity index (χ0n) is 5.89. The molecule has 0 aromatic carbocycles. The van der Waals surface area contributed by atoms with Crippen LogP contribution in [0.25, 0.3) is 0 Å². The van der Waals surface area contributed by atoms with Crippen molar-refractivity contribution in [1.29, 1.82) is 0 Å². The van der Waals surface area contributed by atoms with Gasteiger partial charge in [-0.15, -0.1) is 0 Å². The Morgan fingerprint density at radius 3 is 1.36 bits per heavy atom. The largest absolute Gasteiger partial charge is 0.481 e. The van der Waals surface area contributed by atoms with Crippen molar-refractivity contribution in [3.8, 4) is 0 Å². The quantitative estimate of drug-likeness (QED) is 0.554. The summed E-state index contributed by atoms with van der Waals surface area (Å²) >= 11 is 0. The van der Waals surface area contributed by atoms with Gasteiger partial charge < -0.3 is 10.2 Å². The van der Waals surface area contributed by atoms with Crippen LogP contribution >= 0.6 is 0 Å². The van der Waals surface area contributed by atoms with Crippen molar-refractivity contribution in [2.24, 2.45) is 0 Å². The molecule has 0 aliphatic carbocycles. The Morgan fingerprint density at radius 2 is 1.18 bits per heavy atom. The molecule has 0 bridgehead atoms. The third-order valence-electron chi connectivity index (χ3n) is 1.03. The van der Waals surface area contributed by atoms with Crippen molar-refractivity contribution in [2.45, 2.75) is 25.7 Å². The molecule has 0 fully saturated rings. The van der Waals surface area contributed by atoms with E-state index in [1.807, 2.05) is 0 Å². The fourth-order valence-electron chi connectivity index (χ4n) is 0.552. The average molecular weight is 247 g/mol. The molecule has 0 aromatic heterocycles. The number of aliphatic carboxylic acids is 2. The van der Waals surface area contributed by atoms with Crippen LogP contribution in [-0.2, 0) is 29.1 Å². The second kappa shape index (κ2) is 7.67. The number of carboxylic acid groups (broad SMARTS) is 2. The van der Waals surface area contributed by atoms with Crippen molar-refractivity contribution in [3.63, 3.8) is 0 Å². The Balaban J connectivity index is 0. The summed E-state index contributed by atoms with van der Waals surface area (Å²) in [5, 5.41) is 16.3. The van der Waals surface area contributed by atoms with E-state index in [4.69, 9.17) is 10.2 Å². The third-order valence-corrected chi connectivity index (χ3v) is 1.03. The molecule has 66 valence electrons. The minimum absolute atomic E-state index is 0. The Kier molecular flexibility index (Phi) is 9.18. The molecule has 0 aromatic rings. The van der Waals surface area contributed by atoms with Crippen molar-refractivity contribution in [3.05, 3.63) is 0 Å². The minimum atomic E-state index is -0.870. The van der Waals surface area contributed by atoms with Gasteiger partial charge in [-0.2, -0.15) is 0 Å². The molecule has 0 unspecified atom stereocenters. The molecule has 4 nitrogen and oxygen atoms in total. The van der Waals surface area contributed by atoms with Crippen LogP contribution in [0.4, 0.5) is 0 Å². The molecule has 0 saturated heterocycles. The Labute approximate surface area is 77.4 Å². The van der Waals surface area contributed by atoms with E-state index < -0.39 is 11.9 Å². The van der Waals surface area contributed by atoms with Gasteiger partial charge in [0.15, 0.2) is 0 Å². The zero-order chi connectivity index (χ0) is 7.98. The molecule has 5 heteroatoms. The Morgan fingerprint density at radius 1 is 0.909 bits per heavy atom. The minimum Gasteiger partial charge on any atom is -0.481 e. The first kappa shape index (κ1) is 13.2. The van der Waals surface area contributed by atoms with Crippen molar-refractivity contribution in [1.82, 2.24) is 0 Å². The third kappa shape index (κ3) is 12.7. The summed E-state index contributed by atoms with van der Waals surface area (Å²) in [7, 11) is 0. The van der Waals surface area contributed by atoms with Crippen LogP contribution in [0.3, 0.4) is 0 Å². The maximum Gasteiger partial charge on any atom is 0.303 e. The zero-order valence-corrected chi connectivity index (χ0v) is 7.63. The summed E-state index contributed by atoms with van der Waals surface area (Å²) < 4.78 is 0. The number of hydrogen-bond donors (Lipinski definition) is 2. The molecule has 0 aliphatic rings. The molecule has 0 radical (unpaired) electrons. The fourth-order valence-corrected chi connectivity index (χ4v) is 0.552. The monoisotopic (exact) mass is 248 g/mol. The van der Waals surface area contributed by atoms with Gasteiger partial charge in [-0.05, 0) is 12.8 Å². The summed E-state index contributed by atoms with van der Waals surface area (Å²) in [6, 6.07) is 0. The maximum absolute atomic E-state index is 9.90. The van der Waals surface area contributed by atoms with Crippen LogP contribution in [-0.4, -0.2) is 22.2 Å². The SMILES string of the molecule is O=C(O)CCCCC(=O)O.[Ru]. The van der Waals surface area contributed by atoms with Crippen LogP contribution in [0.15, 0.2) is 0 Å². The number of unbranched alkanes of at least 4 members (excludes halogenated alkanes) is 1. The van der Waals surface area contributed by atoms with E-state index in [-0.39, 0.29) is 32.3 Å². The van der Waals surface area contributed by atoms with Gasteiger partial charge in [0.25, 0.3) is 0 Å². The van der Waals surface area contributed by atoms with Gasteiger partial charge >= 0.3 is 11.9 Å². The smallest absolute Gasteiger partial charge is 0.303 e. The van der Waals surface area contributed by atoms with Gasteiger partial charge in [-0.1, -0.05) is 0 Å². The van der Waals surface area contributed by atoms with Crippen molar-refractivity contribution >= 4 is 11.9 Å². The number of rotatable bonds is 5. The van der Waals surface area contributed by atoms with Gasteiger partial charge in [0.1, 0.15) is 0 Å². The van der Waals surface area contributed by atoms with E-state index in [1.165, 1.54) is 0 Å². The molecule has 0 saturated carbocycles. The fraction of sp³-hybridized carbons (Fsp3) is 0.667. The second-order valence-electron chi connectivity index (χ2n) is 1.99. The summed E-state index contributed by atoms with van der Waals surface area (Å²) in [5.41, 5.74) is 0. The molecule has 0 spiro atoms. The van der Waals surface area contributed by atoms with Gasteiger partial charge in [-0.3, -0.25) is 9.59 Å². The predicted molar refractivity (Wildman–Crippen MR) is 33.7 cm³/mol. The van der Waals surface area contributed by atoms with Crippen LogP contribution in [0, 0.1) is 0 Å². The van der Waals surface area contributed by atoms with E-state index >= 15 is 0 Å². The van der Waals surface area contributed by atoms with Gasteiger partial charge in [0, 0.05) is 32.3 Å². The van der Waals surface area contributed by atoms with E-state index in [1.54, 1.807) is 0 Å². The standard InChI is InChI=1S/C6H10O4.Ru/c7-5(8)3-1-2-4-6(9)10;/h1-4H2,(H,7,8)(H,9,10);. The molecule has 11 heavy (non-hydrogen) atoms. The number of hydrogen-bond acceptors (Lipinski definition) is 2. The summed E-state index contributed by atoms with van der Waals surface area (Å²) in [6.07, 6.45) is 1.02. The van der Waals surface area contributed by atoms with Crippen molar-refractivity contribution in [2.75, 3.05) is 0 Å². The van der Waals surface area contributed by atoms with Crippen LogP contribution in [0.1, 0.15) is 25.7 Å². The average Bonchev–Trinajstić information content (AvgIpc) is 1.79. The van der Waals surface area contributed by atoms with Crippen molar-refractivity contribution < 1.29 is 39.3 Å². The van der Waals surface area contributed by atoms with Crippen LogP contribution < -0.4 is 0 Å². The van der Waals surface area contributed by atoms with Gasteiger partial charge in [0.05, 0.1) is 0 Å². The van der Waals surface area contributed by atoms with Crippen LogP contribution in [0.2, 0.25) is 0 Å². The maximum atomic E-state index is 9.90. The van der Waals surface area contributed by atoms with Crippen LogP contribution in [0.5, 0.6) is 0 Å². The van der Waals surface area contributed by atoms with E-state index in [0.717, 1.165) is 0 Å². The first-order valence-electron chi connectivity index (χ1n) is 3.06. The van der Waals surface area contributed by atoms with Gasteiger partial charge in [0.2, 0.25) is 0 Å². The molecule has 0 aliphatic heterocycles. The normalized spacial score (nSPS) is 8.36. The first-order chi connectivity index (χ1) is 4.63. The van der Waals surface area contributed by atoms with E-state index in [9.17, 15) is 9.59 Å². The second-order valence-corrected chi connectivity index (χ2v) is 1.99. The molecular weight excluding hydrogens is 237 g/mol. The Hall–Kier alpha value is -0.437. The summed E-state index contributed by atoms with van der Waals surface area (Å²) in [5.74, 6) is -1.74. The predicted octanol–water partition coefficient (Wildman–Crippen LogP) is 0.714. The topological polar surface area (TPSA) is 74.6 Å². The molecule has 0 atom stereocenters.